The predicted octanol–water partition coefficient (Wildman–Crippen LogP) is 1.87. The molecule has 82 valence electrons. The van der Waals surface area contributed by atoms with Crippen molar-refractivity contribution >= 4 is 17.7 Å². The Hall–Kier alpha value is -0.970. The van der Waals surface area contributed by atoms with Crippen LogP contribution >= 0.6 is 11.8 Å². The lowest BCUT2D eigenvalue weighted by Gasteiger charge is -2.21. The Morgan fingerprint density at radius 1 is 1.67 bits per heavy atom. The number of hydrogen-bond acceptors (Lipinski definition) is 3. The second kappa shape index (κ2) is 4.70. The van der Waals surface area contributed by atoms with Gasteiger partial charge in [-0.25, -0.2) is 9.78 Å². The number of rotatable bonds is 3. The average molecular weight is 226 g/mol. The average Bonchev–Trinajstić information content (AvgIpc) is 2.68. The first kappa shape index (κ1) is 10.5. The SMILES string of the molecule is O=C(O)c1cn(CC2CCCCS2)cn1. The summed E-state index contributed by atoms with van der Waals surface area (Å²) in [5.41, 5.74) is 0.135. The first-order valence-electron chi connectivity index (χ1n) is 5.12. The molecule has 0 saturated carbocycles. The van der Waals surface area contributed by atoms with Crippen LogP contribution in [0.4, 0.5) is 0 Å². The second-order valence-electron chi connectivity index (χ2n) is 3.75. The predicted molar refractivity (Wildman–Crippen MR) is 59.3 cm³/mol. The van der Waals surface area contributed by atoms with Crippen LogP contribution < -0.4 is 0 Å². The molecule has 1 aromatic heterocycles. The number of imidazole rings is 1. The van der Waals surface area contributed by atoms with Crippen molar-refractivity contribution in [1.29, 1.82) is 0 Å². The fraction of sp³-hybridized carbons (Fsp3) is 0.600. The Labute approximate surface area is 92.7 Å². The topological polar surface area (TPSA) is 55.1 Å². The summed E-state index contributed by atoms with van der Waals surface area (Å²) in [4.78, 5) is 14.5. The van der Waals surface area contributed by atoms with E-state index in [1.54, 1.807) is 12.5 Å². The highest BCUT2D eigenvalue weighted by molar-refractivity contribution is 7.99. The summed E-state index contributed by atoms with van der Waals surface area (Å²) < 4.78 is 1.88. The highest BCUT2D eigenvalue weighted by Crippen LogP contribution is 2.26. The molecule has 2 heterocycles. The van der Waals surface area contributed by atoms with Crippen molar-refractivity contribution in [2.45, 2.75) is 31.1 Å². The zero-order valence-corrected chi connectivity index (χ0v) is 9.24. The van der Waals surface area contributed by atoms with E-state index in [0.717, 1.165) is 6.54 Å². The van der Waals surface area contributed by atoms with Gasteiger partial charge >= 0.3 is 5.97 Å². The molecular weight excluding hydrogens is 212 g/mol. The summed E-state index contributed by atoms with van der Waals surface area (Å²) in [5.74, 6) is 0.274. The van der Waals surface area contributed by atoms with E-state index < -0.39 is 5.97 Å². The van der Waals surface area contributed by atoms with Crippen molar-refractivity contribution in [3.63, 3.8) is 0 Å². The van der Waals surface area contributed by atoms with Crippen molar-refractivity contribution in [3.05, 3.63) is 18.2 Å². The number of aromatic nitrogens is 2. The van der Waals surface area contributed by atoms with E-state index in [1.807, 2.05) is 16.3 Å². The summed E-state index contributed by atoms with van der Waals surface area (Å²) in [6.45, 7) is 0.880. The number of carbonyl (C=O) groups is 1. The Kier molecular flexibility index (Phi) is 3.30. The molecule has 1 fully saturated rings. The molecule has 15 heavy (non-hydrogen) atoms. The molecule has 1 N–H and O–H groups in total. The van der Waals surface area contributed by atoms with Crippen molar-refractivity contribution in [1.82, 2.24) is 9.55 Å². The van der Waals surface area contributed by atoms with Crippen LogP contribution in [0.2, 0.25) is 0 Å². The smallest absolute Gasteiger partial charge is 0.356 e. The van der Waals surface area contributed by atoms with E-state index >= 15 is 0 Å². The highest BCUT2D eigenvalue weighted by Gasteiger charge is 2.15. The van der Waals surface area contributed by atoms with Crippen LogP contribution in [0.25, 0.3) is 0 Å². The minimum absolute atomic E-state index is 0.135. The van der Waals surface area contributed by atoms with Gasteiger partial charge in [-0.05, 0) is 18.6 Å². The molecule has 1 saturated heterocycles. The van der Waals surface area contributed by atoms with Gasteiger partial charge in [-0.15, -0.1) is 0 Å². The second-order valence-corrected chi connectivity index (χ2v) is 5.16. The van der Waals surface area contributed by atoms with Crippen molar-refractivity contribution in [2.24, 2.45) is 0 Å². The molecule has 0 amide bonds. The lowest BCUT2D eigenvalue weighted by molar-refractivity contribution is 0.0691. The van der Waals surface area contributed by atoms with Gasteiger partial charge in [0.2, 0.25) is 0 Å². The van der Waals surface area contributed by atoms with Gasteiger partial charge in [0.15, 0.2) is 5.69 Å². The minimum atomic E-state index is -0.954. The molecule has 1 atom stereocenters. The lowest BCUT2D eigenvalue weighted by Crippen LogP contribution is -2.16. The van der Waals surface area contributed by atoms with Crippen LogP contribution in [0, 0.1) is 0 Å². The monoisotopic (exact) mass is 226 g/mol. The molecule has 1 aliphatic heterocycles. The van der Waals surface area contributed by atoms with Crippen LogP contribution in [0.1, 0.15) is 29.8 Å². The summed E-state index contributed by atoms with van der Waals surface area (Å²) >= 11 is 1.98. The lowest BCUT2D eigenvalue weighted by atomic mass is 10.2. The molecule has 4 nitrogen and oxygen atoms in total. The van der Waals surface area contributed by atoms with E-state index in [2.05, 4.69) is 4.98 Å². The zero-order valence-electron chi connectivity index (χ0n) is 8.43. The molecule has 1 aliphatic rings. The van der Waals surface area contributed by atoms with Crippen LogP contribution in [0.3, 0.4) is 0 Å². The maximum Gasteiger partial charge on any atom is 0.356 e. The number of nitrogens with zero attached hydrogens (tertiary/aromatic N) is 2. The fourth-order valence-electron chi connectivity index (χ4n) is 1.76. The van der Waals surface area contributed by atoms with Crippen molar-refractivity contribution in [2.75, 3.05) is 5.75 Å². The van der Waals surface area contributed by atoms with Crippen LogP contribution in [0.15, 0.2) is 12.5 Å². The Balaban J connectivity index is 1.94. The third-order valence-electron chi connectivity index (χ3n) is 2.54. The number of aromatic carboxylic acids is 1. The number of thioether (sulfide) groups is 1. The summed E-state index contributed by atoms with van der Waals surface area (Å²) in [7, 11) is 0. The van der Waals surface area contributed by atoms with Gasteiger partial charge in [0, 0.05) is 18.0 Å². The molecule has 0 spiro atoms. The third kappa shape index (κ3) is 2.75. The normalized spacial score (nSPS) is 21.5. The maximum absolute atomic E-state index is 10.6. The van der Waals surface area contributed by atoms with E-state index in [-0.39, 0.29) is 5.69 Å². The summed E-state index contributed by atoms with van der Waals surface area (Å²) in [6, 6.07) is 0. The first-order chi connectivity index (χ1) is 7.25. The highest BCUT2D eigenvalue weighted by atomic mass is 32.2. The molecule has 0 aliphatic carbocycles. The number of carboxylic acids is 1. The Morgan fingerprint density at radius 2 is 2.53 bits per heavy atom. The standard InChI is InChI=1S/C10H14N2O2S/c13-10(14)9-6-12(7-11-9)5-8-3-1-2-4-15-8/h6-8H,1-5H2,(H,13,14). The molecule has 1 aromatic rings. The van der Waals surface area contributed by atoms with Crippen LogP contribution in [-0.4, -0.2) is 31.6 Å². The quantitative estimate of drug-likeness (QED) is 0.854. The molecule has 2 rings (SSSR count). The van der Waals surface area contributed by atoms with E-state index in [1.165, 1.54) is 25.0 Å². The van der Waals surface area contributed by atoms with Gasteiger partial charge in [0.25, 0.3) is 0 Å². The molecule has 0 aromatic carbocycles. The molecule has 0 bridgehead atoms. The third-order valence-corrected chi connectivity index (χ3v) is 3.92. The largest absolute Gasteiger partial charge is 0.476 e. The van der Waals surface area contributed by atoms with Gasteiger partial charge in [-0.2, -0.15) is 11.8 Å². The van der Waals surface area contributed by atoms with E-state index in [9.17, 15) is 4.79 Å². The minimum Gasteiger partial charge on any atom is -0.476 e. The number of carboxylic acid groups (broad SMARTS) is 1. The van der Waals surface area contributed by atoms with Gasteiger partial charge in [0.05, 0.1) is 6.33 Å². The van der Waals surface area contributed by atoms with Crippen molar-refractivity contribution < 1.29 is 9.90 Å². The molecule has 1 unspecified atom stereocenters. The van der Waals surface area contributed by atoms with E-state index in [4.69, 9.17) is 5.11 Å². The number of hydrogen-bond donors (Lipinski definition) is 1. The Morgan fingerprint density at radius 3 is 3.13 bits per heavy atom. The Bertz CT molecular complexity index is 345. The molecule has 0 radical (unpaired) electrons. The van der Waals surface area contributed by atoms with E-state index in [0.29, 0.717) is 5.25 Å². The summed E-state index contributed by atoms with van der Waals surface area (Å²) in [5, 5.41) is 9.34. The van der Waals surface area contributed by atoms with Crippen LogP contribution in [0.5, 0.6) is 0 Å². The maximum atomic E-state index is 10.6. The fourth-order valence-corrected chi connectivity index (χ4v) is 3.07. The van der Waals surface area contributed by atoms with Gasteiger partial charge in [0.1, 0.15) is 0 Å². The van der Waals surface area contributed by atoms with Gasteiger partial charge in [-0.3, -0.25) is 0 Å². The summed E-state index contributed by atoms with van der Waals surface area (Å²) in [6.07, 6.45) is 7.05. The first-order valence-corrected chi connectivity index (χ1v) is 6.17. The van der Waals surface area contributed by atoms with Gasteiger partial charge < -0.3 is 9.67 Å². The molecule has 5 heteroatoms. The molecular formula is C10H14N2O2S. The van der Waals surface area contributed by atoms with Crippen molar-refractivity contribution in [3.8, 4) is 0 Å². The zero-order chi connectivity index (χ0) is 10.7. The van der Waals surface area contributed by atoms with Crippen LogP contribution in [-0.2, 0) is 6.54 Å². The van der Waals surface area contributed by atoms with Gasteiger partial charge in [-0.1, -0.05) is 6.42 Å².